The summed E-state index contributed by atoms with van der Waals surface area (Å²) in [6.07, 6.45) is 0. The number of thioether (sulfide) groups is 1. The standard InChI is InChI=1S/C22H25BrN4OS/c1-14-12-17(10-11-18(14)23)24-19(28)13-29-21-26-25-20(27(21)5)15-6-8-16(9-7-15)22(2,3)4/h6-12H,13H2,1-5H3,(H,24,28). The number of aromatic nitrogens is 3. The minimum absolute atomic E-state index is 0.0733. The van der Waals surface area contributed by atoms with Crippen LogP contribution in [0.1, 0.15) is 31.9 Å². The monoisotopic (exact) mass is 472 g/mol. The Bertz CT molecular complexity index is 1020. The van der Waals surface area contributed by atoms with E-state index in [1.165, 1.54) is 17.3 Å². The van der Waals surface area contributed by atoms with Gasteiger partial charge in [0.05, 0.1) is 5.75 Å². The van der Waals surface area contributed by atoms with Crippen LogP contribution in [0.4, 0.5) is 5.69 Å². The maximum atomic E-state index is 12.3. The summed E-state index contributed by atoms with van der Waals surface area (Å²) >= 11 is 4.84. The molecule has 3 aromatic rings. The van der Waals surface area contributed by atoms with Crippen LogP contribution in [0, 0.1) is 6.92 Å². The van der Waals surface area contributed by atoms with E-state index in [4.69, 9.17) is 0 Å². The molecule has 0 saturated carbocycles. The fourth-order valence-corrected chi connectivity index (χ4v) is 3.82. The number of benzene rings is 2. The van der Waals surface area contributed by atoms with Gasteiger partial charge in [-0.3, -0.25) is 4.79 Å². The molecule has 152 valence electrons. The van der Waals surface area contributed by atoms with Crippen molar-refractivity contribution in [2.45, 2.75) is 38.3 Å². The molecule has 1 heterocycles. The molecule has 0 atom stereocenters. The summed E-state index contributed by atoms with van der Waals surface area (Å²) in [4.78, 5) is 12.3. The number of nitrogens with zero attached hydrogens (tertiary/aromatic N) is 3. The predicted molar refractivity (Wildman–Crippen MR) is 123 cm³/mol. The second-order valence-electron chi connectivity index (χ2n) is 7.99. The molecule has 0 aliphatic rings. The van der Waals surface area contributed by atoms with Gasteiger partial charge < -0.3 is 9.88 Å². The van der Waals surface area contributed by atoms with Gasteiger partial charge in [0.15, 0.2) is 11.0 Å². The minimum Gasteiger partial charge on any atom is -0.325 e. The van der Waals surface area contributed by atoms with Crippen molar-refractivity contribution in [2.24, 2.45) is 7.05 Å². The first-order valence-electron chi connectivity index (χ1n) is 9.34. The van der Waals surface area contributed by atoms with Gasteiger partial charge in [0.1, 0.15) is 0 Å². The maximum Gasteiger partial charge on any atom is 0.234 e. The molecular weight excluding hydrogens is 448 g/mol. The molecule has 0 radical (unpaired) electrons. The third-order valence-electron chi connectivity index (χ3n) is 4.62. The van der Waals surface area contributed by atoms with E-state index in [-0.39, 0.29) is 17.1 Å². The van der Waals surface area contributed by atoms with E-state index in [1.807, 2.05) is 36.7 Å². The molecule has 0 fully saturated rings. The third kappa shape index (κ3) is 5.28. The highest BCUT2D eigenvalue weighted by Crippen LogP contribution is 2.27. The van der Waals surface area contributed by atoms with E-state index in [0.717, 1.165) is 27.1 Å². The van der Waals surface area contributed by atoms with Crippen molar-refractivity contribution in [3.63, 3.8) is 0 Å². The molecule has 0 unspecified atom stereocenters. The highest BCUT2D eigenvalue weighted by Gasteiger charge is 2.16. The van der Waals surface area contributed by atoms with Crippen molar-refractivity contribution in [3.8, 4) is 11.4 Å². The first-order valence-corrected chi connectivity index (χ1v) is 11.1. The first-order chi connectivity index (χ1) is 13.6. The lowest BCUT2D eigenvalue weighted by molar-refractivity contribution is -0.113. The van der Waals surface area contributed by atoms with E-state index in [1.54, 1.807) is 0 Å². The number of amides is 1. The fourth-order valence-electron chi connectivity index (χ4n) is 2.86. The van der Waals surface area contributed by atoms with E-state index in [0.29, 0.717) is 5.16 Å². The molecule has 5 nitrogen and oxygen atoms in total. The summed E-state index contributed by atoms with van der Waals surface area (Å²) < 4.78 is 2.94. The fraction of sp³-hybridized carbons (Fsp3) is 0.318. The topological polar surface area (TPSA) is 59.8 Å². The zero-order valence-electron chi connectivity index (χ0n) is 17.3. The molecule has 0 saturated heterocycles. The van der Waals surface area contributed by atoms with Crippen LogP contribution < -0.4 is 5.32 Å². The molecule has 29 heavy (non-hydrogen) atoms. The van der Waals surface area contributed by atoms with Crippen LogP contribution in [0.2, 0.25) is 0 Å². The predicted octanol–water partition coefficient (Wildman–Crippen LogP) is 5.58. The Balaban J connectivity index is 1.65. The van der Waals surface area contributed by atoms with Gasteiger partial charge in [-0.2, -0.15) is 0 Å². The quantitative estimate of drug-likeness (QED) is 0.492. The molecule has 2 aromatic carbocycles. The number of rotatable bonds is 5. The van der Waals surface area contributed by atoms with Gasteiger partial charge >= 0.3 is 0 Å². The van der Waals surface area contributed by atoms with E-state index < -0.39 is 0 Å². The van der Waals surface area contributed by atoms with Gasteiger partial charge in [-0.25, -0.2) is 0 Å². The Hall–Kier alpha value is -2.12. The van der Waals surface area contributed by atoms with Crippen molar-refractivity contribution >= 4 is 39.3 Å². The van der Waals surface area contributed by atoms with E-state index >= 15 is 0 Å². The van der Waals surface area contributed by atoms with Crippen LogP contribution in [0.15, 0.2) is 52.1 Å². The summed E-state index contributed by atoms with van der Waals surface area (Å²) in [6.45, 7) is 8.57. The Morgan fingerprint density at radius 1 is 1.14 bits per heavy atom. The Kier molecular flexibility index (Phi) is 6.49. The van der Waals surface area contributed by atoms with Gasteiger partial charge in [-0.05, 0) is 41.7 Å². The number of hydrogen-bond donors (Lipinski definition) is 1. The second-order valence-corrected chi connectivity index (χ2v) is 9.79. The van der Waals surface area contributed by atoms with Gasteiger partial charge in [-0.15, -0.1) is 10.2 Å². The highest BCUT2D eigenvalue weighted by atomic mass is 79.9. The Labute approximate surface area is 184 Å². The molecule has 3 rings (SSSR count). The molecule has 0 bridgehead atoms. The lowest BCUT2D eigenvalue weighted by Gasteiger charge is -2.19. The van der Waals surface area contributed by atoms with Crippen molar-refractivity contribution in [3.05, 3.63) is 58.1 Å². The normalized spacial score (nSPS) is 11.5. The number of halogens is 1. The summed E-state index contributed by atoms with van der Waals surface area (Å²) in [5.74, 6) is 0.983. The van der Waals surface area contributed by atoms with Crippen LogP contribution in [0.3, 0.4) is 0 Å². The average Bonchev–Trinajstić information content (AvgIpc) is 3.03. The molecule has 7 heteroatoms. The molecular formula is C22H25BrN4OS. The minimum atomic E-state index is -0.0733. The smallest absolute Gasteiger partial charge is 0.234 e. The van der Waals surface area contributed by atoms with Gasteiger partial charge in [0, 0.05) is 22.8 Å². The molecule has 1 aromatic heterocycles. The average molecular weight is 473 g/mol. The van der Waals surface area contributed by atoms with Gasteiger partial charge in [0.25, 0.3) is 0 Å². The van der Waals surface area contributed by atoms with Crippen LogP contribution in [0.25, 0.3) is 11.4 Å². The second kappa shape index (κ2) is 8.71. The van der Waals surface area contributed by atoms with Crippen LogP contribution in [-0.2, 0) is 17.3 Å². The number of carbonyl (C=O) groups excluding carboxylic acids is 1. The number of nitrogens with one attached hydrogen (secondary N) is 1. The highest BCUT2D eigenvalue weighted by molar-refractivity contribution is 9.10. The zero-order chi connectivity index (χ0) is 21.2. The zero-order valence-corrected chi connectivity index (χ0v) is 19.7. The maximum absolute atomic E-state index is 12.3. The molecule has 0 spiro atoms. The van der Waals surface area contributed by atoms with Gasteiger partial charge in [-0.1, -0.05) is 72.7 Å². The number of hydrogen-bond acceptors (Lipinski definition) is 4. The largest absolute Gasteiger partial charge is 0.325 e. The lowest BCUT2D eigenvalue weighted by atomic mass is 9.87. The molecule has 0 aliphatic carbocycles. The first kappa shape index (κ1) is 21.6. The third-order valence-corrected chi connectivity index (χ3v) is 6.53. The summed E-state index contributed by atoms with van der Waals surface area (Å²) in [6, 6.07) is 14.1. The van der Waals surface area contributed by atoms with E-state index in [2.05, 4.69) is 76.5 Å². The van der Waals surface area contributed by atoms with Crippen molar-refractivity contribution in [2.75, 3.05) is 11.1 Å². The molecule has 0 aliphatic heterocycles. The van der Waals surface area contributed by atoms with Gasteiger partial charge in [0.2, 0.25) is 5.91 Å². The lowest BCUT2D eigenvalue weighted by Crippen LogP contribution is -2.14. The van der Waals surface area contributed by atoms with Crippen molar-refractivity contribution in [1.82, 2.24) is 14.8 Å². The van der Waals surface area contributed by atoms with E-state index in [9.17, 15) is 4.79 Å². The van der Waals surface area contributed by atoms with Crippen LogP contribution in [0.5, 0.6) is 0 Å². The SMILES string of the molecule is Cc1cc(NC(=O)CSc2nnc(-c3ccc(C(C)(C)C)cc3)n2C)ccc1Br. The molecule has 1 amide bonds. The van der Waals surface area contributed by atoms with Crippen molar-refractivity contribution < 1.29 is 4.79 Å². The van der Waals surface area contributed by atoms with Crippen LogP contribution >= 0.6 is 27.7 Å². The number of aryl methyl sites for hydroxylation is 1. The summed E-state index contributed by atoms with van der Waals surface area (Å²) in [7, 11) is 1.92. The molecule has 1 N–H and O–H groups in total. The number of carbonyl (C=O) groups is 1. The van der Waals surface area contributed by atoms with Crippen molar-refractivity contribution in [1.29, 1.82) is 0 Å². The Morgan fingerprint density at radius 2 is 1.83 bits per heavy atom. The Morgan fingerprint density at radius 3 is 2.45 bits per heavy atom. The van der Waals surface area contributed by atoms with Crippen LogP contribution in [-0.4, -0.2) is 26.4 Å². The summed E-state index contributed by atoms with van der Waals surface area (Å²) in [5.41, 5.74) is 4.26. The summed E-state index contributed by atoms with van der Waals surface area (Å²) in [5, 5.41) is 12.2. The number of anilines is 1.